The molecular weight excluding hydrogens is 238 g/mol. The average Bonchev–Trinajstić information content (AvgIpc) is 2.76. The van der Waals surface area contributed by atoms with Crippen LogP contribution < -0.4 is 0 Å². The van der Waals surface area contributed by atoms with Crippen LogP contribution in [0, 0.1) is 6.92 Å². The van der Waals surface area contributed by atoms with E-state index in [0.29, 0.717) is 11.0 Å². The molecule has 5 nitrogen and oxygen atoms in total. The monoisotopic (exact) mass is 251 g/mol. The van der Waals surface area contributed by atoms with E-state index >= 15 is 0 Å². The zero-order valence-electron chi connectivity index (χ0n) is 10.1. The third-order valence-electron chi connectivity index (χ3n) is 2.55. The maximum Gasteiger partial charge on any atom is 0.163 e. The van der Waals surface area contributed by atoms with E-state index in [-0.39, 0.29) is 0 Å². The smallest absolute Gasteiger partial charge is 0.163 e. The van der Waals surface area contributed by atoms with Gasteiger partial charge in [0.15, 0.2) is 11.6 Å². The summed E-state index contributed by atoms with van der Waals surface area (Å²) >= 11 is 5.99. The summed E-state index contributed by atoms with van der Waals surface area (Å²) in [5.74, 6) is 2.41. The minimum Gasteiger partial charge on any atom is -0.224 e. The highest BCUT2D eigenvalue weighted by Crippen LogP contribution is 2.18. The number of aromatic nitrogens is 5. The van der Waals surface area contributed by atoms with Crippen molar-refractivity contribution in [2.75, 3.05) is 0 Å². The van der Waals surface area contributed by atoms with Gasteiger partial charge in [-0.3, -0.25) is 0 Å². The first-order valence-electron chi connectivity index (χ1n) is 5.59. The second-order valence-corrected chi connectivity index (χ2v) is 4.03. The molecule has 0 saturated carbocycles. The fourth-order valence-electron chi connectivity index (χ4n) is 1.57. The van der Waals surface area contributed by atoms with Crippen LogP contribution in [0.25, 0.3) is 5.82 Å². The Bertz CT molecular complexity index is 535. The van der Waals surface area contributed by atoms with E-state index in [1.165, 1.54) is 6.33 Å². The summed E-state index contributed by atoms with van der Waals surface area (Å²) in [4.78, 5) is 12.6. The summed E-state index contributed by atoms with van der Waals surface area (Å²) in [6.07, 6.45) is 3.04. The van der Waals surface area contributed by atoms with E-state index in [9.17, 15) is 0 Å². The third kappa shape index (κ3) is 2.15. The van der Waals surface area contributed by atoms with Gasteiger partial charge in [-0.05, 0) is 6.92 Å². The number of hydrogen-bond acceptors (Lipinski definition) is 4. The number of aryl methyl sites for hydroxylation is 2. The Morgan fingerprint density at radius 1 is 1.24 bits per heavy atom. The molecule has 2 rings (SSSR count). The molecule has 6 heteroatoms. The van der Waals surface area contributed by atoms with Crippen LogP contribution in [0.4, 0.5) is 0 Å². The molecule has 2 aromatic rings. The van der Waals surface area contributed by atoms with Gasteiger partial charge in [0.2, 0.25) is 0 Å². The van der Waals surface area contributed by atoms with E-state index in [1.807, 2.05) is 20.8 Å². The summed E-state index contributed by atoms with van der Waals surface area (Å²) < 4.78 is 1.75. The largest absolute Gasteiger partial charge is 0.224 e. The lowest BCUT2D eigenvalue weighted by atomic mass is 10.3. The molecule has 0 unspecified atom stereocenters. The maximum absolute atomic E-state index is 5.99. The normalized spacial score (nSPS) is 10.8. The summed E-state index contributed by atoms with van der Waals surface area (Å²) in [6.45, 7) is 5.95. The molecule has 2 heterocycles. The highest BCUT2D eigenvalue weighted by Gasteiger charge is 2.13. The van der Waals surface area contributed by atoms with Crippen molar-refractivity contribution in [2.24, 2.45) is 0 Å². The Kier molecular flexibility index (Phi) is 3.38. The molecule has 0 aromatic carbocycles. The van der Waals surface area contributed by atoms with Gasteiger partial charge in [0.1, 0.15) is 17.3 Å². The van der Waals surface area contributed by atoms with Crippen LogP contribution in [0.5, 0.6) is 0 Å². The highest BCUT2D eigenvalue weighted by molar-refractivity contribution is 6.30. The fraction of sp³-hybridized carbons (Fsp3) is 0.455. The second kappa shape index (κ2) is 4.79. The van der Waals surface area contributed by atoms with Crippen LogP contribution in [-0.4, -0.2) is 24.7 Å². The molecule has 0 N–H and O–H groups in total. The summed E-state index contributed by atoms with van der Waals surface area (Å²) in [5.41, 5.74) is 0.816. The van der Waals surface area contributed by atoms with Gasteiger partial charge >= 0.3 is 0 Å². The lowest BCUT2D eigenvalue weighted by molar-refractivity contribution is 0.759. The van der Waals surface area contributed by atoms with Gasteiger partial charge in [0, 0.05) is 18.4 Å². The first kappa shape index (κ1) is 12.0. The van der Waals surface area contributed by atoms with Crippen LogP contribution in [-0.2, 0) is 12.8 Å². The molecule has 0 aliphatic carbocycles. The van der Waals surface area contributed by atoms with Gasteiger partial charge in [-0.15, -0.1) is 5.10 Å². The Labute approximate surface area is 105 Å². The van der Waals surface area contributed by atoms with Gasteiger partial charge in [-0.2, -0.15) is 4.68 Å². The first-order chi connectivity index (χ1) is 8.17. The fourth-order valence-corrected chi connectivity index (χ4v) is 1.70. The highest BCUT2D eigenvalue weighted by atomic mass is 35.5. The van der Waals surface area contributed by atoms with Gasteiger partial charge < -0.3 is 0 Å². The van der Waals surface area contributed by atoms with E-state index in [0.717, 1.165) is 30.1 Å². The zero-order valence-corrected chi connectivity index (χ0v) is 10.9. The standard InChI is InChI=1S/C11H14ClN5/c1-4-8-15-9(5-2)17(16-8)11-7(3)10(12)13-6-14-11/h6H,4-5H2,1-3H3. The number of rotatable bonds is 3. The number of nitrogens with zero attached hydrogens (tertiary/aromatic N) is 5. The molecule has 90 valence electrons. The molecule has 2 aromatic heterocycles. The molecule has 0 atom stereocenters. The summed E-state index contributed by atoms with van der Waals surface area (Å²) in [7, 11) is 0. The maximum atomic E-state index is 5.99. The van der Waals surface area contributed by atoms with Gasteiger partial charge in [0.05, 0.1) is 0 Å². The van der Waals surface area contributed by atoms with Crippen molar-refractivity contribution < 1.29 is 0 Å². The van der Waals surface area contributed by atoms with Crippen molar-refractivity contribution in [1.82, 2.24) is 24.7 Å². The molecule has 0 aliphatic rings. The molecule has 0 radical (unpaired) electrons. The number of hydrogen-bond donors (Lipinski definition) is 0. The topological polar surface area (TPSA) is 56.5 Å². The molecule has 0 spiro atoms. The molecule has 0 amide bonds. The van der Waals surface area contributed by atoms with E-state index < -0.39 is 0 Å². The molecule has 0 aliphatic heterocycles. The lowest BCUT2D eigenvalue weighted by Gasteiger charge is -2.06. The van der Waals surface area contributed by atoms with Crippen molar-refractivity contribution in [3.05, 3.63) is 28.7 Å². The predicted octanol–water partition coefficient (Wildman–Crippen LogP) is 2.14. The zero-order chi connectivity index (χ0) is 12.4. The Hall–Kier alpha value is -1.49. The van der Waals surface area contributed by atoms with Crippen molar-refractivity contribution in [2.45, 2.75) is 33.6 Å². The van der Waals surface area contributed by atoms with Crippen LogP contribution in [0.2, 0.25) is 5.15 Å². The van der Waals surface area contributed by atoms with E-state index in [4.69, 9.17) is 11.6 Å². The first-order valence-corrected chi connectivity index (χ1v) is 5.97. The van der Waals surface area contributed by atoms with Crippen LogP contribution in [0.1, 0.15) is 31.1 Å². The average molecular weight is 252 g/mol. The SMILES string of the molecule is CCc1nc(CC)n(-c2ncnc(Cl)c2C)n1. The van der Waals surface area contributed by atoms with Crippen molar-refractivity contribution in [3.63, 3.8) is 0 Å². The predicted molar refractivity (Wildman–Crippen MR) is 65.5 cm³/mol. The molecule has 17 heavy (non-hydrogen) atoms. The molecule has 0 fully saturated rings. The lowest BCUT2D eigenvalue weighted by Crippen LogP contribution is -2.07. The van der Waals surface area contributed by atoms with E-state index in [1.54, 1.807) is 4.68 Å². The molecule has 0 saturated heterocycles. The third-order valence-corrected chi connectivity index (χ3v) is 2.93. The van der Waals surface area contributed by atoms with E-state index in [2.05, 4.69) is 20.1 Å². The summed E-state index contributed by atoms with van der Waals surface area (Å²) in [6, 6.07) is 0. The number of halogens is 1. The van der Waals surface area contributed by atoms with Gasteiger partial charge in [0.25, 0.3) is 0 Å². The van der Waals surface area contributed by atoms with Crippen LogP contribution in [0.15, 0.2) is 6.33 Å². The minimum absolute atomic E-state index is 0.450. The minimum atomic E-state index is 0.450. The van der Waals surface area contributed by atoms with Crippen molar-refractivity contribution >= 4 is 11.6 Å². The summed E-state index contributed by atoms with van der Waals surface area (Å²) in [5, 5.41) is 4.88. The Balaban J connectivity index is 2.59. The van der Waals surface area contributed by atoms with Crippen LogP contribution in [0.3, 0.4) is 0 Å². The van der Waals surface area contributed by atoms with Crippen molar-refractivity contribution in [3.8, 4) is 5.82 Å². The molecular formula is C11H14ClN5. The van der Waals surface area contributed by atoms with Crippen LogP contribution >= 0.6 is 11.6 Å². The molecule has 0 bridgehead atoms. The van der Waals surface area contributed by atoms with Crippen molar-refractivity contribution in [1.29, 1.82) is 0 Å². The quantitative estimate of drug-likeness (QED) is 0.785. The van der Waals surface area contributed by atoms with Gasteiger partial charge in [-0.1, -0.05) is 25.4 Å². The second-order valence-electron chi connectivity index (χ2n) is 3.68. The Morgan fingerprint density at radius 2 is 2.00 bits per heavy atom. The Morgan fingerprint density at radius 3 is 2.65 bits per heavy atom. The van der Waals surface area contributed by atoms with Gasteiger partial charge in [-0.25, -0.2) is 15.0 Å².